The number of esters is 2. The molecule has 1 aliphatic rings. The van der Waals surface area contributed by atoms with Crippen LogP contribution >= 0.6 is 0 Å². The number of carbonyl (C=O) groups excluding carboxylic acids is 2. The van der Waals surface area contributed by atoms with E-state index in [4.69, 9.17) is 28.4 Å². The topological polar surface area (TPSA) is 89.5 Å². The molecule has 212 valence electrons. The summed E-state index contributed by atoms with van der Waals surface area (Å²) < 4.78 is 46.7. The quantitative estimate of drug-likeness (QED) is 0.165. The zero-order chi connectivity index (χ0) is 27.9. The van der Waals surface area contributed by atoms with Gasteiger partial charge in [-0.15, -0.1) is 0 Å². The third-order valence-corrected chi connectivity index (χ3v) is 6.23. The number of aryl methyl sites for hydroxylation is 1. The van der Waals surface area contributed by atoms with Gasteiger partial charge < -0.3 is 28.4 Å². The molecule has 0 N–H and O–H groups in total. The fourth-order valence-electron chi connectivity index (χ4n) is 4.10. The fourth-order valence-corrected chi connectivity index (χ4v) is 4.10. The summed E-state index contributed by atoms with van der Waals surface area (Å²) in [5.74, 6) is -0.0100. The molecule has 1 saturated heterocycles. The Kier molecular flexibility index (Phi) is 12.8. The molecule has 1 fully saturated rings. The van der Waals surface area contributed by atoms with Crippen molar-refractivity contribution in [3.8, 4) is 22.6 Å². The summed E-state index contributed by atoms with van der Waals surface area (Å²) in [6.45, 7) is 8.10. The van der Waals surface area contributed by atoms with Crippen LogP contribution in [0.2, 0.25) is 0 Å². The van der Waals surface area contributed by atoms with Crippen LogP contribution in [0.1, 0.15) is 31.2 Å². The van der Waals surface area contributed by atoms with E-state index in [0.29, 0.717) is 36.0 Å². The summed E-state index contributed by atoms with van der Waals surface area (Å²) >= 11 is 0. The average Bonchev–Trinajstić information content (AvgIpc) is 2.95. The molecule has 0 amide bonds. The zero-order valence-corrected chi connectivity index (χ0v) is 22.5. The van der Waals surface area contributed by atoms with Crippen LogP contribution in [0.3, 0.4) is 0 Å². The molecule has 2 aromatic carbocycles. The number of ether oxygens (including phenoxy) is 6. The van der Waals surface area contributed by atoms with E-state index in [9.17, 15) is 14.0 Å². The molecule has 0 bridgehead atoms. The van der Waals surface area contributed by atoms with Gasteiger partial charge in [-0.25, -0.2) is 9.18 Å². The van der Waals surface area contributed by atoms with E-state index in [-0.39, 0.29) is 44.6 Å². The highest BCUT2D eigenvalue weighted by Crippen LogP contribution is 2.30. The Morgan fingerprint density at radius 2 is 1.67 bits per heavy atom. The fraction of sp³-hybridized carbons (Fsp3) is 0.467. The van der Waals surface area contributed by atoms with Crippen molar-refractivity contribution in [2.45, 2.75) is 32.6 Å². The first-order valence-corrected chi connectivity index (χ1v) is 13.2. The number of halogens is 1. The first-order chi connectivity index (χ1) is 19.0. The molecular weight excluding hydrogens is 507 g/mol. The highest BCUT2D eigenvalue weighted by atomic mass is 19.1. The number of hydrogen-bond acceptors (Lipinski definition) is 8. The van der Waals surface area contributed by atoms with Gasteiger partial charge in [0, 0.05) is 25.9 Å². The summed E-state index contributed by atoms with van der Waals surface area (Å²) in [4.78, 5) is 22.9. The van der Waals surface area contributed by atoms with Crippen LogP contribution in [0.15, 0.2) is 49.1 Å². The molecule has 0 unspecified atom stereocenters. The van der Waals surface area contributed by atoms with E-state index in [1.165, 1.54) is 6.07 Å². The summed E-state index contributed by atoms with van der Waals surface area (Å²) in [6, 6.07) is 10.4. The lowest BCUT2D eigenvalue weighted by Crippen LogP contribution is -2.18. The van der Waals surface area contributed by atoms with Gasteiger partial charge >= 0.3 is 11.9 Å². The highest BCUT2D eigenvalue weighted by Gasteiger charge is 2.14. The molecule has 1 aliphatic heterocycles. The first-order valence-electron chi connectivity index (χ1n) is 13.2. The Hall–Kier alpha value is -3.43. The highest BCUT2D eigenvalue weighted by molar-refractivity contribution is 5.81. The lowest BCUT2D eigenvalue weighted by atomic mass is 9.97. The number of carbonyl (C=O) groups is 2. The van der Waals surface area contributed by atoms with Gasteiger partial charge in [-0.05, 0) is 73.1 Å². The third kappa shape index (κ3) is 10.7. The Bertz CT molecular complexity index is 1040. The lowest BCUT2D eigenvalue weighted by Gasteiger charge is -2.21. The number of rotatable bonds is 16. The van der Waals surface area contributed by atoms with Gasteiger partial charge in [-0.1, -0.05) is 18.7 Å². The van der Waals surface area contributed by atoms with Crippen LogP contribution < -0.4 is 9.47 Å². The van der Waals surface area contributed by atoms with Gasteiger partial charge in [0.15, 0.2) is 11.6 Å². The van der Waals surface area contributed by atoms with Gasteiger partial charge in [0.05, 0.1) is 13.0 Å². The second kappa shape index (κ2) is 16.5. The van der Waals surface area contributed by atoms with Crippen molar-refractivity contribution in [2.24, 2.45) is 5.92 Å². The van der Waals surface area contributed by atoms with Gasteiger partial charge in [0.2, 0.25) is 0 Å². The monoisotopic (exact) mass is 544 g/mol. The Morgan fingerprint density at radius 1 is 0.949 bits per heavy atom. The van der Waals surface area contributed by atoms with Crippen LogP contribution in [0.25, 0.3) is 11.1 Å². The molecule has 0 spiro atoms. The summed E-state index contributed by atoms with van der Waals surface area (Å²) in [7, 11) is 0. The van der Waals surface area contributed by atoms with Crippen molar-refractivity contribution in [2.75, 3.05) is 52.9 Å². The minimum atomic E-state index is -0.558. The minimum Gasteiger partial charge on any atom is -0.490 e. The average molecular weight is 545 g/mol. The predicted octanol–water partition coefficient (Wildman–Crippen LogP) is 5.05. The molecule has 3 rings (SSSR count). The molecule has 0 radical (unpaired) electrons. The lowest BCUT2D eigenvalue weighted by molar-refractivity contribution is -0.145. The molecule has 8 nitrogen and oxygen atoms in total. The van der Waals surface area contributed by atoms with Gasteiger partial charge in [0.25, 0.3) is 0 Å². The van der Waals surface area contributed by atoms with Crippen molar-refractivity contribution >= 4 is 11.9 Å². The molecule has 9 heteroatoms. The molecule has 0 atom stereocenters. The molecular formula is C30H37FO8. The molecule has 2 aromatic rings. The van der Waals surface area contributed by atoms with Gasteiger partial charge in [-0.2, -0.15) is 0 Å². The van der Waals surface area contributed by atoms with E-state index in [2.05, 4.69) is 6.58 Å². The van der Waals surface area contributed by atoms with E-state index >= 15 is 0 Å². The van der Waals surface area contributed by atoms with E-state index in [0.717, 1.165) is 44.1 Å². The largest absolute Gasteiger partial charge is 0.490 e. The minimum absolute atomic E-state index is 0.00230. The molecule has 0 saturated carbocycles. The second-order valence-electron chi connectivity index (χ2n) is 9.12. The molecule has 39 heavy (non-hydrogen) atoms. The van der Waals surface area contributed by atoms with E-state index < -0.39 is 11.8 Å². The van der Waals surface area contributed by atoms with Crippen molar-refractivity contribution in [1.82, 2.24) is 0 Å². The van der Waals surface area contributed by atoms with Crippen LogP contribution in [0, 0.1) is 18.7 Å². The molecule has 1 heterocycles. The maximum atomic E-state index is 14.7. The molecule has 0 aromatic heterocycles. The van der Waals surface area contributed by atoms with E-state index in [1.807, 2.05) is 18.2 Å². The maximum absolute atomic E-state index is 14.7. The van der Waals surface area contributed by atoms with Gasteiger partial charge in [0.1, 0.15) is 32.2 Å². The summed E-state index contributed by atoms with van der Waals surface area (Å²) in [5.41, 5.74) is 2.11. The Balaban J connectivity index is 1.33. The maximum Gasteiger partial charge on any atom is 0.330 e. The van der Waals surface area contributed by atoms with Crippen LogP contribution in [-0.2, 0) is 28.5 Å². The SMILES string of the molecule is C=CC(=O)OCCOc1c(C)cc(-c2ccc(OCCOC(=O)CCOCCC3CCOCC3)cc2)cc1F. The van der Waals surface area contributed by atoms with Crippen molar-refractivity contribution in [3.05, 3.63) is 60.4 Å². The van der Waals surface area contributed by atoms with Crippen LogP contribution in [0.4, 0.5) is 4.39 Å². The smallest absolute Gasteiger partial charge is 0.330 e. The zero-order valence-electron chi connectivity index (χ0n) is 22.5. The van der Waals surface area contributed by atoms with Crippen molar-refractivity contribution < 1.29 is 42.4 Å². The van der Waals surface area contributed by atoms with Crippen LogP contribution in [-0.4, -0.2) is 64.8 Å². The number of hydrogen-bond donors (Lipinski definition) is 0. The Morgan fingerprint density at radius 3 is 2.38 bits per heavy atom. The second-order valence-corrected chi connectivity index (χ2v) is 9.12. The standard InChI is InChI=1S/C30H37FO8/c1-3-28(32)37-18-19-39-30-22(2)20-25(21-27(30)31)24-4-6-26(7-5-24)36-16-17-38-29(33)11-15-35-14-10-23-8-12-34-13-9-23/h3-7,20-21,23H,1,8-19H2,2H3. The van der Waals surface area contributed by atoms with Crippen LogP contribution in [0.5, 0.6) is 11.5 Å². The first kappa shape index (κ1) is 30.1. The third-order valence-electron chi connectivity index (χ3n) is 6.23. The summed E-state index contributed by atoms with van der Waals surface area (Å²) in [6.07, 6.45) is 4.42. The van der Waals surface area contributed by atoms with E-state index in [1.54, 1.807) is 19.1 Å². The predicted molar refractivity (Wildman–Crippen MR) is 143 cm³/mol. The molecule has 0 aliphatic carbocycles. The Labute approximate surface area is 229 Å². The van der Waals surface area contributed by atoms with Crippen molar-refractivity contribution in [1.29, 1.82) is 0 Å². The normalized spacial score (nSPS) is 13.5. The van der Waals surface area contributed by atoms with Crippen molar-refractivity contribution in [3.63, 3.8) is 0 Å². The summed E-state index contributed by atoms with van der Waals surface area (Å²) in [5, 5.41) is 0. The number of benzene rings is 2. The van der Waals surface area contributed by atoms with Gasteiger partial charge in [-0.3, -0.25) is 4.79 Å².